The molecule has 1 rings (SSSR count). The first kappa shape index (κ1) is 16.5. The molecular formula is C14H18F3NO2. The highest BCUT2D eigenvalue weighted by Crippen LogP contribution is 2.23. The maximum atomic E-state index is 12.0. The Labute approximate surface area is 115 Å². The van der Waals surface area contributed by atoms with E-state index in [4.69, 9.17) is 5.73 Å². The molecule has 3 nitrogen and oxygen atoms in total. The van der Waals surface area contributed by atoms with Crippen LogP contribution in [0.25, 0.3) is 0 Å². The number of ketones is 1. The van der Waals surface area contributed by atoms with Crippen molar-refractivity contribution in [3.05, 3.63) is 29.8 Å². The fraction of sp³-hybridized carbons (Fsp3) is 0.500. The molecule has 0 amide bonds. The van der Waals surface area contributed by atoms with Crippen LogP contribution in [0.2, 0.25) is 0 Å². The van der Waals surface area contributed by atoms with Gasteiger partial charge in [0, 0.05) is 12.8 Å². The monoisotopic (exact) mass is 289 g/mol. The van der Waals surface area contributed by atoms with Gasteiger partial charge in [0.2, 0.25) is 0 Å². The van der Waals surface area contributed by atoms with Crippen molar-refractivity contribution in [3.8, 4) is 5.75 Å². The highest BCUT2D eigenvalue weighted by molar-refractivity contribution is 5.81. The Hall–Kier alpha value is -1.56. The van der Waals surface area contributed by atoms with E-state index in [9.17, 15) is 18.0 Å². The van der Waals surface area contributed by atoms with E-state index in [0.29, 0.717) is 18.5 Å². The number of ether oxygens (including phenoxy) is 1. The fourth-order valence-electron chi connectivity index (χ4n) is 1.83. The van der Waals surface area contributed by atoms with Crippen molar-refractivity contribution in [2.75, 3.05) is 6.54 Å². The van der Waals surface area contributed by atoms with Gasteiger partial charge in [0.15, 0.2) is 0 Å². The molecule has 0 bridgehead atoms. The van der Waals surface area contributed by atoms with Crippen molar-refractivity contribution in [3.63, 3.8) is 0 Å². The smallest absolute Gasteiger partial charge is 0.406 e. The highest BCUT2D eigenvalue weighted by Gasteiger charge is 2.30. The number of hydrogen-bond acceptors (Lipinski definition) is 3. The molecule has 1 unspecified atom stereocenters. The topological polar surface area (TPSA) is 52.3 Å². The Bertz CT molecular complexity index is 425. The van der Waals surface area contributed by atoms with Crippen LogP contribution in [0.4, 0.5) is 13.2 Å². The normalized spacial score (nSPS) is 13.1. The van der Waals surface area contributed by atoms with Crippen molar-refractivity contribution >= 4 is 5.78 Å². The lowest BCUT2D eigenvalue weighted by Gasteiger charge is -2.11. The number of carbonyl (C=O) groups excluding carboxylic acids is 1. The zero-order valence-electron chi connectivity index (χ0n) is 11.2. The van der Waals surface area contributed by atoms with Crippen LogP contribution in [0.15, 0.2) is 24.3 Å². The van der Waals surface area contributed by atoms with Crippen LogP contribution < -0.4 is 10.5 Å². The average molecular weight is 289 g/mol. The predicted octanol–water partition coefficient (Wildman–Crippen LogP) is 3.07. The Balaban J connectivity index is 2.55. The van der Waals surface area contributed by atoms with Gasteiger partial charge in [-0.05, 0) is 30.2 Å². The van der Waals surface area contributed by atoms with E-state index in [1.807, 2.05) is 6.92 Å². The number of alkyl halides is 3. The van der Waals surface area contributed by atoms with Gasteiger partial charge in [-0.25, -0.2) is 0 Å². The Morgan fingerprint density at radius 3 is 2.35 bits per heavy atom. The molecule has 1 atom stereocenters. The second-order valence-electron chi connectivity index (χ2n) is 4.62. The third kappa shape index (κ3) is 6.06. The van der Waals surface area contributed by atoms with Gasteiger partial charge in [0.05, 0.1) is 0 Å². The minimum Gasteiger partial charge on any atom is -0.406 e. The van der Waals surface area contributed by atoms with Crippen LogP contribution in [-0.2, 0) is 11.2 Å². The van der Waals surface area contributed by atoms with E-state index in [2.05, 4.69) is 4.74 Å². The number of rotatable bonds is 7. The Morgan fingerprint density at radius 2 is 1.90 bits per heavy atom. The lowest BCUT2D eigenvalue weighted by molar-refractivity contribution is -0.274. The van der Waals surface area contributed by atoms with Gasteiger partial charge in [0.1, 0.15) is 11.5 Å². The summed E-state index contributed by atoms with van der Waals surface area (Å²) >= 11 is 0. The lowest BCUT2D eigenvalue weighted by Crippen LogP contribution is -2.18. The number of halogens is 3. The molecule has 0 heterocycles. The molecule has 112 valence electrons. The molecule has 0 spiro atoms. The summed E-state index contributed by atoms with van der Waals surface area (Å²) in [4.78, 5) is 11.8. The molecule has 1 aromatic carbocycles. The van der Waals surface area contributed by atoms with Crippen LogP contribution in [0.5, 0.6) is 5.75 Å². The highest BCUT2D eigenvalue weighted by atomic mass is 19.4. The molecule has 0 radical (unpaired) electrons. The van der Waals surface area contributed by atoms with E-state index >= 15 is 0 Å². The van der Waals surface area contributed by atoms with Crippen molar-refractivity contribution < 1.29 is 22.7 Å². The van der Waals surface area contributed by atoms with E-state index < -0.39 is 6.36 Å². The second-order valence-corrected chi connectivity index (χ2v) is 4.62. The molecule has 6 heteroatoms. The van der Waals surface area contributed by atoms with Crippen molar-refractivity contribution in [1.29, 1.82) is 0 Å². The van der Waals surface area contributed by atoms with Gasteiger partial charge in [-0.3, -0.25) is 4.79 Å². The zero-order chi connectivity index (χ0) is 15.2. The maximum Gasteiger partial charge on any atom is 0.573 e. The summed E-state index contributed by atoms with van der Waals surface area (Å²) < 4.78 is 39.7. The molecule has 2 N–H and O–H groups in total. The van der Waals surface area contributed by atoms with Crippen LogP contribution >= 0.6 is 0 Å². The summed E-state index contributed by atoms with van der Waals surface area (Å²) in [6, 6.07) is 5.33. The molecule has 20 heavy (non-hydrogen) atoms. The molecule has 0 saturated carbocycles. The third-order valence-corrected chi connectivity index (χ3v) is 2.99. The van der Waals surface area contributed by atoms with Crippen molar-refractivity contribution in [1.82, 2.24) is 0 Å². The lowest BCUT2D eigenvalue weighted by atomic mass is 9.96. The second kappa shape index (κ2) is 7.28. The van der Waals surface area contributed by atoms with E-state index in [1.165, 1.54) is 24.3 Å². The number of nitrogens with two attached hydrogens (primary N) is 1. The minimum atomic E-state index is -4.70. The van der Waals surface area contributed by atoms with E-state index in [1.54, 1.807) is 0 Å². The first-order valence-electron chi connectivity index (χ1n) is 6.40. The third-order valence-electron chi connectivity index (χ3n) is 2.99. The first-order valence-corrected chi connectivity index (χ1v) is 6.40. The van der Waals surface area contributed by atoms with Crippen LogP contribution in [-0.4, -0.2) is 18.7 Å². The van der Waals surface area contributed by atoms with Crippen molar-refractivity contribution in [2.24, 2.45) is 11.7 Å². The average Bonchev–Trinajstić information content (AvgIpc) is 2.36. The van der Waals surface area contributed by atoms with Crippen LogP contribution in [0.1, 0.15) is 25.3 Å². The summed E-state index contributed by atoms with van der Waals surface area (Å²) in [5.74, 6) is -0.0933. The summed E-state index contributed by atoms with van der Waals surface area (Å²) in [7, 11) is 0. The fourth-order valence-corrected chi connectivity index (χ4v) is 1.83. The molecule has 0 aliphatic carbocycles. The molecular weight excluding hydrogens is 271 g/mol. The standard InChI is InChI=1S/C14H18F3NO2/c1-2-10(9-18)7-12(19)8-11-3-5-13(6-4-11)20-14(15,16)17/h3-6,10H,2,7-9,18H2,1H3. The van der Waals surface area contributed by atoms with Crippen LogP contribution in [0, 0.1) is 5.92 Å². The molecule has 0 aliphatic heterocycles. The molecule has 0 aromatic heterocycles. The number of carbonyl (C=O) groups is 1. The SMILES string of the molecule is CCC(CN)CC(=O)Cc1ccc(OC(F)(F)F)cc1. The summed E-state index contributed by atoms with van der Waals surface area (Å²) in [6.07, 6.45) is -3.27. The van der Waals surface area contributed by atoms with Gasteiger partial charge in [-0.15, -0.1) is 13.2 Å². The Morgan fingerprint density at radius 1 is 1.30 bits per heavy atom. The summed E-state index contributed by atoms with van der Waals surface area (Å²) in [5.41, 5.74) is 6.19. The number of hydrogen-bond donors (Lipinski definition) is 1. The molecule has 1 aromatic rings. The van der Waals surface area contributed by atoms with Gasteiger partial charge < -0.3 is 10.5 Å². The van der Waals surface area contributed by atoms with Crippen molar-refractivity contribution in [2.45, 2.75) is 32.5 Å². The van der Waals surface area contributed by atoms with Gasteiger partial charge in [0.25, 0.3) is 0 Å². The van der Waals surface area contributed by atoms with E-state index in [-0.39, 0.29) is 23.9 Å². The molecule has 0 saturated heterocycles. The van der Waals surface area contributed by atoms with Gasteiger partial charge in [-0.2, -0.15) is 0 Å². The molecule has 0 fully saturated rings. The maximum absolute atomic E-state index is 12.0. The van der Waals surface area contributed by atoms with Crippen LogP contribution in [0.3, 0.4) is 0 Å². The predicted molar refractivity (Wildman–Crippen MR) is 69.3 cm³/mol. The van der Waals surface area contributed by atoms with E-state index in [0.717, 1.165) is 6.42 Å². The number of Topliss-reactive ketones (excluding diaryl/α,β-unsaturated/α-hetero) is 1. The number of benzene rings is 1. The first-order chi connectivity index (χ1) is 9.34. The largest absolute Gasteiger partial charge is 0.573 e. The summed E-state index contributed by atoms with van der Waals surface area (Å²) in [5, 5.41) is 0. The quantitative estimate of drug-likeness (QED) is 0.839. The Kier molecular flexibility index (Phi) is 6.01. The minimum absolute atomic E-state index is 0.0341. The molecule has 0 aliphatic rings. The summed E-state index contributed by atoms with van der Waals surface area (Å²) in [6.45, 7) is 2.43. The zero-order valence-corrected chi connectivity index (χ0v) is 11.2. The van der Waals surface area contributed by atoms with Gasteiger partial charge >= 0.3 is 6.36 Å². The van der Waals surface area contributed by atoms with Gasteiger partial charge in [-0.1, -0.05) is 25.5 Å².